The van der Waals surface area contributed by atoms with Crippen molar-refractivity contribution < 1.29 is 9.59 Å². The molecule has 1 spiro atoms. The van der Waals surface area contributed by atoms with E-state index in [4.69, 9.17) is 0 Å². The lowest BCUT2D eigenvalue weighted by Crippen LogP contribution is -2.57. The zero-order chi connectivity index (χ0) is 23.6. The van der Waals surface area contributed by atoms with Crippen molar-refractivity contribution in [1.82, 2.24) is 29.5 Å². The number of aryl methyl sites for hydroxylation is 2. The number of amides is 3. The van der Waals surface area contributed by atoms with Gasteiger partial charge < -0.3 is 4.90 Å². The van der Waals surface area contributed by atoms with Gasteiger partial charge in [-0.05, 0) is 50.2 Å². The van der Waals surface area contributed by atoms with Crippen LogP contribution in [0.25, 0.3) is 0 Å². The van der Waals surface area contributed by atoms with Gasteiger partial charge in [0.15, 0.2) is 0 Å². The van der Waals surface area contributed by atoms with Crippen molar-refractivity contribution in [2.75, 3.05) is 26.2 Å². The quantitative estimate of drug-likeness (QED) is 0.576. The summed E-state index contributed by atoms with van der Waals surface area (Å²) < 4.78 is 1.90. The van der Waals surface area contributed by atoms with Crippen LogP contribution in [0.2, 0.25) is 0 Å². The maximum atomic E-state index is 13.7. The number of imide groups is 1. The summed E-state index contributed by atoms with van der Waals surface area (Å²) in [6.07, 6.45) is 8.46. The van der Waals surface area contributed by atoms with Gasteiger partial charge in [0, 0.05) is 63.4 Å². The van der Waals surface area contributed by atoms with Gasteiger partial charge in [0.1, 0.15) is 5.54 Å². The lowest BCUT2D eigenvalue weighted by atomic mass is 9.85. The van der Waals surface area contributed by atoms with Gasteiger partial charge in [0.2, 0.25) is 0 Å². The van der Waals surface area contributed by atoms with Crippen LogP contribution in [0.1, 0.15) is 49.9 Å². The molecule has 2 fully saturated rings. The largest absolute Gasteiger partial charge is 0.327 e. The molecule has 0 radical (unpaired) electrons. The molecule has 2 aromatic heterocycles. The van der Waals surface area contributed by atoms with Gasteiger partial charge >= 0.3 is 6.03 Å². The molecule has 2 saturated heterocycles. The summed E-state index contributed by atoms with van der Waals surface area (Å²) >= 11 is 0. The first-order valence-corrected chi connectivity index (χ1v) is 12.0. The number of hydrogen-bond donors (Lipinski definition) is 0. The Balaban J connectivity index is 1.44. The van der Waals surface area contributed by atoms with Crippen molar-refractivity contribution in [2.45, 2.75) is 58.5 Å². The molecule has 0 bridgehead atoms. The number of piperidine rings is 1. The van der Waals surface area contributed by atoms with Gasteiger partial charge in [-0.1, -0.05) is 19.9 Å². The zero-order valence-electron chi connectivity index (χ0n) is 20.3. The van der Waals surface area contributed by atoms with Crippen molar-refractivity contribution in [3.05, 3.63) is 47.5 Å². The van der Waals surface area contributed by atoms with Gasteiger partial charge in [-0.2, -0.15) is 5.10 Å². The first kappa shape index (κ1) is 23.4. The van der Waals surface area contributed by atoms with Crippen LogP contribution in [0.5, 0.6) is 0 Å². The summed E-state index contributed by atoms with van der Waals surface area (Å²) in [4.78, 5) is 37.0. The van der Waals surface area contributed by atoms with Gasteiger partial charge in [-0.15, -0.1) is 0 Å². The zero-order valence-corrected chi connectivity index (χ0v) is 20.3. The first-order valence-electron chi connectivity index (χ1n) is 12.0. The van der Waals surface area contributed by atoms with Gasteiger partial charge in [-0.25, -0.2) is 4.79 Å². The average molecular weight is 453 g/mol. The Hall–Kier alpha value is -2.74. The van der Waals surface area contributed by atoms with Gasteiger partial charge in [0.25, 0.3) is 5.91 Å². The lowest BCUT2D eigenvalue weighted by Gasteiger charge is -2.42. The highest BCUT2D eigenvalue weighted by Crippen LogP contribution is 2.38. The highest BCUT2D eigenvalue weighted by Gasteiger charge is 2.57. The Morgan fingerprint density at radius 1 is 1.15 bits per heavy atom. The van der Waals surface area contributed by atoms with E-state index in [1.807, 2.05) is 41.2 Å². The lowest BCUT2D eigenvalue weighted by molar-refractivity contribution is -0.135. The van der Waals surface area contributed by atoms with E-state index in [2.05, 4.69) is 35.8 Å². The van der Waals surface area contributed by atoms with Crippen molar-refractivity contribution in [2.24, 2.45) is 13.0 Å². The predicted octanol–water partition coefficient (Wildman–Crippen LogP) is 3.01. The molecule has 8 nitrogen and oxygen atoms in total. The van der Waals surface area contributed by atoms with Crippen LogP contribution in [0, 0.1) is 12.8 Å². The summed E-state index contributed by atoms with van der Waals surface area (Å²) in [6, 6.07) is 3.84. The molecule has 178 valence electrons. The molecule has 0 N–H and O–H groups in total. The smallest absolute Gasteiger partial charge is 0.309 e. The molecule has 4 heterocycles. The molecular formula is C25H36N6O2. The van der Waals surface area contributed by atoms with E-state index in [-0.39, 0.29) is 11.9 Å². The summed E-state index contributed by atoms with van der Waals surface area (Å²) in [7, 11) is 1.96. The fourth-order valence-corrected chi connectivity index (χ4v) is 5.09. The number of carbonyl (C=O) groups excluding carboxylic acids is 2. The van der Waals surface area contributed by atoms with E-state index in [1.165, 1.54) is 16.2 Å². The van der Waals surface area contributed by atoms with Crippen LogP contribution in [-0.2, 0) is 24.8 Å². The van der Waals surface area contributed by atoms with Crippen LogP contribution < -0.4 is 0 Å². The number of rotatable bonds is 8. The van der Waals surface area contributed by atoms with Gasteiger partial charge in [0.05, 0.1) is 6.20 Å². The fraction of sp³-hybridized carbons (Fsp3) is 0.600. The number of carbonyl (C=O) groups is 2. The molecule has 2 aromatic rings. The van der Waals surface area contributed by atoms with Crippen molar-refractivity contribution in [1.29, 1.82) is 0 Å². The van der Waals surface area contributed by atoms with Gasteiger partial charge in [-0.3, -0.25) is 24.3 Å². The number of aromatic nitrogens is 3. The van der Waals surface area contributed by atoms with Crippen LogP contribution in [0.15, 0.2) is 30.7 Å². The molecule has 4 rings (SSSR count). The van der Waals surface area contributed by atoms with E-state index in [0.717, 1.165) is 38.0 Å². The third kappa shape index (κ3) is 4.67. The minimum Gasteiger partial charge on any atom is -0.309 e. The number of pyridine rings is 1. The minimum absolute atomic E-state index is 0.00320. The maximum absolute atomic E-state index is 13.7. The molecule has 0 unspecified atom stereocenters. The fourth-order valence-electron chi connectivity index (χ4n) is 5.09. The monoisotopic (exact) mass is 452 g/mol. The molecule has 0 aliphatic carbocycles. The number of nitrogens with zero attached hydrogens (tertiary/aromatic N) is 6. The Morgan fingerprint density at radius 3 is 2.52 bits per heavy atom. The van der Waals surface area contributed by atoms with E-state index < -0.39 is 5.54 Å². The Kier molecular flexibility index (Phi) is 6.83. The molecule has 3 amide bonds. The van der Waals surface area contributed by atoms with Crippen molar-refractivity contribution in [3.8, 4) is 0 Å². The Morgan fingerprint density at radius 2 is 1.91 bits per heavy atom. The van der Waals surface area contributed by atoms with Crippen molar-refractivity contribution in [3.63, 3.8) is 0 Å². The second-order valence-electron chi connectivity index (χ2n) is 9.90. The summed E-state index contributed by atoms with van der Waals surface area (Å²) in [5, 5.41) is 4.35. The third-order valence-corrected chi connectivity index (χ3v) is 7.15. The van der Waals surface area contributed by atoms with Crippen LogP contribution in [0.4, 0.5) is 4.79 Å². The SMILES string of the molecule is Cc1c(CN2CCC3(CC2)C(=O)N(CCCc2cccnc2)C(=O)N3CC(C)C)cnn1C. The summed E-state index contributed by atoms with van der Waals surface area (Å²) in [5.74, 6) is 0.307. The number of urea groups is 1. The standard InChI is InChI=1S/C25H36N6O2/c1-19(2)17-31-24(33)30(12-6-8-21-7-5-11-26-15-21)23(32)25(31)9-13-29(14-10-25)18-22-16-27-28(4)20(22)3/h5,7,11,15-16,19H,6,8-10,12-14,17-18H2,1-4H3. The van der Waals surface area contributed by atoms with Crippen LogP contribution in [0.3, 0.4) is 0 Å². The minimum atomic E-state index is -0.698. The molecule has 0 aromatic carbocycles. The van der Waals surface area contributed by atoms with E-state index in [9.17, 15) is 9.59 Å². The first-order chi connectivity index (χ1) is 15.8. The van der Waals surface area contributed by atoms with Crippen LogP contribution in [-0.4, -0.2) is 73.1 Å². The van der Waals surface area contributed by atoms with Crippen LogP contribution >= 0.6 is 0 Å². The molecule has 8 heteroatoms. The second-order valence-corrected chi connectivity index (χ2v) is 9.90. The third-order valence-electron chi connectivity index (χ3n) is 7.15. The molecule has 2 aliphatic rings. The van der Waals surface area contributed by atoms with Crippen molar-refractivity contribution >= 4 is 11.9 Å². The highest BCUT2D eigenvalue weighted by molar-refractivity contribution is 6.07. The predicted molar refractivity (Wildman–Crippen MR) is 126 cm³/mol. The normalized spacial score (nSPS) is 18.8. The second kappa shape index (κ2) is 9.63. The van der Waals surface area contributed by atoms with E-state index in [1.54, 1.807) is 6.20 Å². The number of hydrogen-bond acceptors (Lipinski definition) is 5. The highest BCUT2D eigenvalue weighted by atomic mass is 16.2. The average Bonchev–Trinajstić information content (AvgIpc) is 3.21. The topological polar surface area (TPSA) is 74.6 Å². The Labute approximate surface area is 196 Å². The Bertz CT molecular complexity index is 978. The van der Waals surface area contributed by atoms with E-state index >= 15 is 0 Å². The molecule has 0 saturated carbocycles. The van der Waals surface area contributed by atoms with E-state index in [0.29, 0.717) is 31.8 Å². The summed E-state index contributed by atoms with van der Waals surface area (Å²) in [6.45, 7) is 9.80. The molecule has 2 aliphatic heterocycles. The molecule has 0 atom stereocenters. The molecular weight excluding hydrogens is 416 g/mol. The summed E-state index contributed by atoms with van der Waals surface area (Å²) in [5.41, 5.74) is 2.82. The number of likely N-dealkylation sites (tertiary alicyclic amines) is 1. The maximum Gasteiger partial charge on any atom is 0.327 e. The molecule has 33 heavy (non-hydrogen) atoms.